The number of aromatic nitrogens is 2. The second-order valence-corrected chi connectivity index (χ2v) is 9.17. The van der Waals surface area contributed by atoms with Gasteiger partial charge in [0, 0.05) is 25.2 Å². The second kappa shape index (κ2) is 10.2. The third-order valence-corrected chi connectivity index (χ3v) is 6.68. The van der Waals surface area contributed by atoms with Crippen LogP contribution in [0.1, 0.15) is 61.5 Å². The molecule has 1 N–H and O–H groups in total. The van der Waals surface area contributed by atoms with Crippen LogP contribution in [0.2, 0.25) is 5.02 Å². The van der Waals surface area contributed by atoms with Crippen LogP contribution in [0.15, 0.2) is 30.3 Å². The van der Waals surface area contributed by atoms with E-state index in [9.17, 15) is 4.79 Å². The maximum Gasteiger partial charge on any atom is 0.272 e. The average Bonchev–Trinajstić information content (AvgIpc) is 2.81. The monoisotopic (exact) mass is 453 g/mol. The number of nitriles is 1. The number of rotatable bonds is 5. The molecule has 1 aromatic carbocycles. The number of halogens is 1. The van der Waals surface area contributed by atoms with Gasteiger partial charge in [0.15, 0.2) is 11.5 Å². The summed E-state index contributed by atoms with van der Waals surface area (Å²) in [5.41, 5.74) is 0.789. The van der Waals surface area contributed by atoms with E-state index in [1.54, 1.807) is 24.3 Å². The molecule has 1 saturated carbocycles. The first kappa shape index (κ1) is 22.3. The molecule has 2 fully saturated rings. The van der Waals surface area contributed by atoms with Crippen LogP contribution in [0.3, 0.4) is 0 Å². The molecule has 0 bridgehead atoms. The Hall–Kier alpha value is -2.85. The van der Waals surface area contributed by atoms with Crippen LogP contribution in [-0.2, 0) is 0 Å². The first-order valence-corrected chi connectivity index (χ1v) is 11.7. The van der Waals surface area contributed by atoms with Crippen LogP contribution in [-0.4, -0.2) is 41.3 Å². The summed E-state index contributed by atoms with van der Waals surface area (Å²) in [6.07, 6.45) is 5.72. The van der Waals surface area contributed by atoms with E-state index in [4.69, 9.17) is 21.6 Å². The Morgan fingerprint density at radius 3 is 2.50 bits per heavy atom. The number of carbonyl (C=O) groups is 1. The highest BCUT2D eigenvalue weighted by Crippen LogP contribution is 2.27. The Kier molecular flexibility index (Phi) is 7.11. The Labute approximate surface area is 193 Å². The molecule has 1 amide bonds. The van der Waals surface area contributed by atoms with Crippen molar-refractivity contribution in [1.29, 1.82) is 5.26 Å². The SMILES string of the molecule is CC1CCN(c2ccc(C(=O)N[C@H]3CC[C@H](Oc4ccc(C#N)c(Cl)c4)CC3)nn2)CC1. The van der Waals surface area contributed by atoms with Gasteiger partial charge >= 0.3 is 0 Å². The van der Waals surface area contributed by atoms with Crippen molar-refractivity contribution >= 4 is 23.3 Å². The molecule has 1 saturated heterocycles. The van der Waals surface area contributed by atoms with E-state index < -0.39 is 0 Å². The smallest absolute Gasteiger partial charge is 0.272 e. The zero-order valence-corrected chi connectivity index (χ0v) is 19.0. The lowest BCUT2D eigenvalue weighted by atomic mass is 9.93. The maximum absolute atomic E-state index is 12.6. The number of anilines is 1. The molecule has 2 heterocycles. The molecule has 1 aliphatic heterocycles. The maximum atomic E-state index is 12.6. The summed E-state index contributed by atoms with van der Waals surface area (Å²) in [5, 5.41) is 20.9. The molecule has 0 unspecified atom stereocenters. The van der Waals surface area contributed by atoms with E-state index in [1.165, 1.54) is 0 Å². The largest absolute Gasteiger partial charge is 0.490 e. The lowest BCUT2D eigenvalue weighted by molar-refractivity contribution is 0.0888. The minimum Gasteiger partial charge on any atom is -0.490 e. The fourth-order valence-electron chi connectivity index (χ4n) is 4.29. The predicted molar refractivity (Wildman–Crippen MR) is 123 cm³/mol. The van der Waals surface area contributed by atoms with Crippen molar-refractivity contribution in [2.24, 2.45) is 5.92 Å². The highest BCUT2D eigenvalue weighted by Gasteiger charge is 2.25. The van der Waals surface area contributed by atoms with Crippen LogP contribution in [0, 0.1) is 17.2 Å². The van der Waals surface area contributed by atoms with Crippen LogP contribution in [0.4, 0.5) is 5.82 Å². The molecule has 1 aromatic heterocycles. The zero-order chi connectivity index (χ0) is 22.5. The number of amides is 1. The van der Waals surface area contributed by atoms with Gasteiger partial charge in [-0.05, 0) is 68.7 Å². The van der Waals surface area contributed by atoms with Gasteiger partial charge in [-0.1, -0.05) is 18.5 Å². The van der Waals surface area contributed by atoms with Gasteiger partial charge in [0.2, 0.25) is 0 Å². The lowest BCUT2D eigenvalue weighted by Crippen LogP contribution is -2.40. The summed E-state index contributed by atoms with van der Waals surface area (Å²) in [7, 11) is 0. The van der Waals surface area contributed by atoms with Gasteiger partial charge < -0.3 is 15.0 Å². The van der Waals surface area contributed by atoms with Crippen molar-refractivity contribution in [2.75, 3.05) is 18.0 Å². The molecule has 7 nitrogen and oxygen atoms in total. The van der Waals surface area contributed by atoms with Crippen LogP contribution in [0.5, 0.6) is 5.75 Å². The number of hydrogen-bond donors (Lipinski definition) is 1. The van der Waals surface area contributed by atoms with Crippen molar-refractivity contribution in [1.82, 2.24) is 15.5 Å². The standard InChI is InChI=1S/C24H28ClN5O2/c1-16-10-12-30(13-11-16)23-9-8-22(28-29-23)24(31)27-18-3-6-19(7-4-18)32-20-5-2-17(15-26)21(25)14-20/h2,5,8-9,14,16,18-19H,3-4,6-7,10-13H2,1H3,(H,27,31)/t18-,19-. The molecule has 0 atom stereocenters. The second-order valence-electron chi connectivity index (χ2n) is 8.76. The van der Waals surface area contributed by atoms with Gasteiger partial charge in [-0.3, -0.25) is 4.79 Å². The predicted octanol–water partition coefficient (Wildman–Crippen LogP) is 4.36. The molecular weight excluding hydrogens is 426 g/mol. The highest BCUT2D eigenvalue weighted by molar-refractivity contribution is 6.31. The van der Waals surface area contributed by atoms with Crippen molar-refractivity contribution in [3.8, 4) is 11.8 Å². The first-order chi connectivity index (χ1) is 15.5. The van der Waals surface area contributed by atoms with Crippen molar-refractivity contribution in [3.05, 3.63) is 46.6 Å². The molecule has 0 spiro atoms. The van der Waals surface area contributed by atoms with Gasteiger partial charge in [-0.25, -0.2) is 0 Å². The molecule has 1 aliphatic carbocycles. The Morgan fingerprint density at radius 2 is 1.88 bits per heavy atom. The summed E-state index contributed by atoms with van der Waals surface area (Å²) < 4.78 is 6.02. The normalized spacial score (nSPS) is 21.6. The quantitative estimate of drug-likeness (QED) is 0.723. The van der Waals surface area contributed by atoms with E-state index in [1.807, 2.05) is 12.1 Å². The van der Waals surface area contributed by atoms with Gasteiger partial charge in [0.05, 0.1) is 16.7 Å². The van der Waals surface area contributed by atoms with E-state index >= 15 is 0 Å². The Morgan fingerprint density at radius 1 is 1.12 bits per heavy atom. The van der Waals surface area contributed by atoms with Crippen LogP contribution < -0.4 is 15.0 Å². The number of benzene rings is 1. The third-order valence-electron chi connectivity index (χ3n) is 6.36. The number of nitrogens with one attached hydrogen (secondary N) is 1. The first-order valence-electron chi connectivity index (χ1n) is 11.3. The van der Waals surface area contributed by atoms with Crippen molar-refractivity contribution < 1.29 is 9.53 Å². The summed E-state index contributed by atoms with van der Waals surface area (Å²) in [6, 6.07) is 10.9. The minimum atomic E-state index is -0.181. The minimum absolute atomic E-state index is 0.0680. The van der Waals surface area contributed by atoms with Crippen LogP contribution >= 0.6 is 11.6 Å². The number of piperidine rings is 1. The fraction of sp³-hybridized carbons (Fsp3) is 0.500. The van der Waals surface area contributed by atoms with Crippen molar-refractivity contribution in [3.63, 3.8) is 0 Å². The van der Waals surface area contributed by atoms with Crippen LogP contribution in [0.25, 0.3) is 0 Å². The molecule has 2 aliphatic rings. The van der Waals surface area contributed by atoms with Gasteiger partial charge in [-0.2, -0.15) is 5.26 Å². The number of nitrogens with zero attached hydrogens (tertiary/aromatic N) is 4. The molecular formula is C24H28ClN5O2. The topological polar surface area (TPSA) is 91.1 Å². The van der Waals surface area contributed by atoms with Gasteiger partial charge in [0.25, 0.3) is 5.91 Å². The highest BCUT2D eigenvalue weighted by atomic mass is 35.5. The van der Waals surface area contributed by atoms with E-state index in [-0.39, 0.29) is 18.1 Å². The van der Waals surface area contributed by atoms with Gasteiger partial charge in [0.1, 0.15) is 11.8 Å². The average molecular weight is 454 g/mol. The summed E-state index contributed by atoms with van der Waals surface area (Å²) in [4.78, 5) is 14.8. The molecule has 32 heavy (non-hydrogen) atoms. The van der Waals surface area contributed by atoms with E-state index in [0.29, 0.717) is 22.0 Å². The Balaban J connectivity index is 1.24. The summed E-state index contributed by atoms with van der Waals surface area (Å²) >= 11 is 6.08. The molecule has 168 valence electrons. The molecule has 2 aromatic rings. The lowest BCUT2D eigenvalue weighted by Gasteiger charge is -2.31. The zero-order valence-electron chi connectivity index (χ0n) is 18.3. The van der Waals surface area contributed by atoms with E-state index in [2.05, 4.69) is 27.3 Å². The molecule has 8 heteroatoms. The van der Waals surface area contributed by atoms with Crippen molar-refractivity contribution in [2.45, 2.75) is 57.6 Å². The third kappa shape index (κ3) is 5.49. The number of carbonyl (C=O) groups excluding carboxylic acids is 1. The number of hydrogen-bond acceptors (Lipinski definition) is 6. The Bertz CT molecular complexity index is 975. The fourth-order valence-corrected chi connectivity index (χ4v) is 4.50. The summed E-state index contributed by atoms with van der Waals surface area (Å²) in [6.45, 7) is 4.25. The van der Waals surface area contributed by atoms with Gasteiger partial charge in [-0.15, -0.1) is 10.2 Å². The summed E-state index contributed by atoms with van der Waals surface area (Å²) in [5.74, 6) is 2.08. The number of ether oxygens (including phenoxy) is 1. The molecule has 4 rings (SSSR count). The van der Waals surface area contributed by atoms with E-state index in [0.717, 1.165) is 63.4 Å². The molecule has 0 radical (unpaired) electrons.